The first kappa shape index (κ1) is 14.5. The molecule has 1 aromatic rings. The normalized spacial score (nSPS) is 26.3. The maximum atomic E-state index is 5.76. The molecule has 19 heavy (non-hydrogen) atoms. The predicted molar refractivity (Wildman–Crippen MR) is 78.3 cm³/mol. The molecule has 0 bridgehead atoms. The van der Waals surface area contributed by atoms with Crippen molar-refractivity contribution in [3.63, 3.8) is 0 Å². The Kier molecular flexibility index (Phi) is 5.34. The van der Waals surface area contributed by atoms with E-state index in [1.165, 1.54) is 12.0 Å². The van der Waals surface area contributed by atoms with Gasteiger partial charge in [-0.2, -0.15) is 0 Å². The third-order valence-electron chi connectivity index (χ3n) is 4.30. The van der Waals surface area contributed by atoms with Crippen molar-refractivity contribution in [2.24, 2.45) is 5.92 Å². The Morgan fingerprint density at radius 1 is 1.42 bits per heavy atom. The van der Waals surface area contributed by atoms with Crippen LogP contribution in [-0.2, 0) is 4.74 Å². The van der Waals surface area contributed by atoms with Crippen LogP contribution in [0.15, 0.2) is 24.5 Å². The standard InChI is InChI=1S/C16H26N2O/c1-4-8-18-16(15-7-11-19-13(15)3)12(2)14-5-9-17-10-6-14/h5-6,9-10,12-13,15-16,18H,4,7-8,11H2,1-3H3. The number of ether oxygens (including phenoxy) is 1. The zero-order valence-electron chi connectivity index (χ0n) is 12.3. The van der Waals surface area contributed by atoms with Gasteiger partial charge in [0.15, 0.2) is 0 Å². The summed E-state index contributed by atoms with van der Waals surface area (Å²) in [5.41, 5.74) is 1.36. The Morgan fingerprint density at radius 3 is 2.74 bits per heavy atom. The summed E-state index contributed by atoms with van der Waals surface area (Å²) in [5.74, 6) is 1.10. The summed E-state index contributed by atoms with van der Waals surface area (Å²) >= 11 is 0. The summed E-state index contributed by atoms with van der Waals surface area (Å²) in [4.78, 5) is 4.12. The molecule has 0 radical (unpaired) electrons. The van der Waals surface area contributed by atoms with E-state index in [9.17, 15) is 0 Å². The van der Waals surface area contributed by atoms with Crippen LogP contribution in [0.25, 0.3) is 0 Å². The quantitative estimate of drug-likeness (QED) is 0.856. The molecule has 0 aliphatic carbocycles. The van der Waals surface area contributed by atoms with E-state index in [0.29, 0.717) is 24.0 Å². The van der Waals surface area contributed by atoms with Crippen LogP contribution in [0.3, 0.4) is 0 Å². The van der Waals surface area contributed by atoms with E-state index in [2.05, 4.69) is 43.2 Å². The molecule has 3 heteroatoms. The van der Waals surface area contributed by atoms with Gasteiger partial charge in [-0.25, -0.2) is 0 Å². The monoisotopic (exact) mass is 262 g/mol. The third kappa shape index (κ3) is 3.54. The van der Waals surface area contributed by atoms with E-state index in [1.54, 1.807) is 0 Å². The van der Waals surface area contributed by atoms with E-state index in [1.807, 2.05) is 12.4 Å². The van der Waals surface area contributed by atoms with Gasteiger partial charge in [-0.15, -0.1) is 0 Å². The molecule has 0 saturated carbocycles. The summed E-state index contributed by atoms with van der Waals surface area (Å²) in [6.07, 6.45) is 6.47. The van der Waals surface area contributed by atoms with Crippen molar-refractivity contribution in [3.8, 4) is 0 Å². The minimum atomic E-state index is 0.360. The van der Waals surface area contributed by atoms with Gasteiger partial charge in [0.1, 0.15) is 0 Å². The number of pyridine rings is 1. The summed E-state index contributed by atoms with van der Waals surface area (Å²) < 4.78 is 5.76. The fraction of sp³-hybridized carbons (Fsp3) is 0.688. The molecule has 106 valence electrons. The lowest BCUT2D eigenvalue weighted by atomic mass is 9.82. The minimum Gasteiger partial charge on any atom is -0.378 e. The highest BCUT2D eigenvalue weighted by Crippen LogP contribution is 2.32. The first-order valence-electron chi connectivity index (χ1n) is 7.49. The van der Waals surface area contributed by atoms with E-state index in [0.717, 1.165) is 19.6 Å². The van der Waals surface area contributed by atoms with Crippen LogP contribution in [0, 0.1) is 5.92 Å². The molecule has 1 aliphatic rings. The van der Waals surface area contributed by atoms with Gasteiger partial charge in [0, 0.05) is 31.0 Å². The Hall–Kier alpha value is -0.930. The van der Waals surface area contributed by atoms with Gasteiger partial charge in [-0.05, 0) is 49.9 Å². The molecular formula is C16H26N2O. The van der Waals surface area contributed by atoms with Crippen molar-refractivity contribution in [2.45, 2.75) is 51.7 Å². The number of hydrogen-bond donors (Lipinski definition) is 1. The molecular weight excluding hydrogens is 236 g/mol. The number of nitrogens with zero attached hydrogens (tertiary/aromatic N) is 1. The van der Waals surface area contributed by atoms with Crippen LogP contribution < -0.4 is 5.32 Å². The predicted octanol–water partition coefficient (Wildman–Crippen LogP) is 2.98. The lowest BCUT2D eigenvalue weighted by Crippen LogP contribution is -2.43. The van der Waals surface area contributed by atoms with E-state index >= 15 is 0 Å². The van der Waals surface area contributed by atoms with Crippen molar-refractivity contribution in [1.29, 1.82) is 0 Å². The van der Waals surface area contributed by atoms with Gasteiger partial charge in [-0.3, -0.25) is 4.98 Å². The second-order valence-corrected chi connectivity index (χ2v) is 5.58. The molecule has 1 fully saturated rings. The second kappa shape index (κ2) is 7.01. The highest BCUT2D eigenvalue weighted by Gasteiger charge is 2.34. The van der Waals surface area contributed by atoms with Crippen molar-refractivity contribution < 1.29 is 4.74 Å². The van der Waals surface area contributed by atoms with Crippen LogP contribution in [0.5, 0.6) is 0 Å². The molecule has 1 aliphatic heterocycles. The summed E-state index contributed by atoms with van der Waals surface area (Å²) in [7, 11) is 0. The molecule has 4 unspecified atom stereocenters. The fourth-order valence-electron chi connectivity index (χ4n) is 3.10. The largest absolute Gasteiger partial charge is 0.378 e. The zero-order chi connectivity index (χ0) is 13.7. The molecule has 0 aromatic carbocycles. The molecule has 4 atom stereocenters. The van der Waals surface area contributed by atoms with Crippen molar-refractivity contribution in [2.75, 3.05) is 13.2 Å². The van der Waals surface area contributed by atoms with Gasteiger partial charge < -0.3 is 10.1 Å². The molecule has 1 aromatic heterocycles. The SMILES string of the molecule is CCCNC(C(C)c1ccncc1)C1CCOC1C. The smallest absolute Gasteiger partial charge is 0.0591 e. The molecule has 0 amide bonds. The van der Waals surface area contributed by atoms with Gasteiger partial charge in [0.05, 0.1) is 6.10 Å². The fourth-order valence-corrected chi connectivity index (χ4v) is 3.10. The lowest BCUT2D eigenvalue weighted by Gasteiger charge is -2.32. The molecule has 3 nitrogen and oxygen atoms in total. The second-order valence-electron chi connectivity index (χ2n) is 5.58. The highest BCUT2D eigenvalue weighted by molar-refractivity contribution is 5.18. The van der Waals surface area contributed by atoms with Gasteiger partial charge in [0.25, 0.3) is 0 Å². The van der Waals surface area contributed by atoms with Crippen LogP contribution in [0.4, 0.5) is 0 Å². The first-order chi connectivity index (χ1) is 9.24. The van der Waals surface area contributed by atoms with Crippen LogP contribution >= 0.6 is 0 Å². The maximum absolute atomic E-state index is 5.76. The van der Waals surface area contributed by atoms with Gasteiger partial charge in [0.2, 0.25) is 0 Å². The van der Waals surface area contributed by atoms with E-state index in [4.69, 9.17) is 4.74 Å². The zero-order valence-corrected chi connectivity index (χ0v) is 12.3. The summed E-state index contributed by atoms with van der Waals surface area (Å²) in [5, 5.41) is 3.74. The lowest BCUT2D eigenvalue weighted by molar-refractivity contribution is 0.0924. The Morgan fingerprint density at radius 2 is 2.16 bits per heavy atom. The molecule has 2 rings (SSSR count). The third-order valence-corrected chi connectivity index (χ3v) is 4.30. The van der Waals surface area contributed by atoms with Crippen molar-refractivity contribution in [1.82, 2.24) is 10.3 Å². The Bertz CT molecular complexity index is 368. The topological polar surface area (TPSA) is 34.2 Å². The Balaban J connectivity index is 2.12. The van der Waals surface area contributed by atoms with E-state index in [-0.39, 0.29) is 0 Å². The van der Waals surface area contributed by atoms with Crippen LogP contribution in [-0.4, -0.2) is 30.3 Å². The number of aromatic nitrogens is 1. The molecule has 0 spiro atoms. The molecule has 1 N–H and O–H groups in total. The van der Waals surface area contributed by atoms with E-state index < -0.39 is 0 Å². The first-order valence-corrected chi connectivity index (χ1v) is 7.49. The number of rotatable bonds is 6. The van der Waals surface area contributed by atoms with Gasteiger partial charge in [-0.1, -0.05) is 13.8 Å². The number of nitrogens with one attached hydrogen (secondary N) is 1. The maximum Gasteiger partial charge on any atom is 0.0591 e. The molecule has 2 heterocycles. The van der Waals surface area contributed by atoms with Crippen molar-refractivity contribution in [3.05, 3.63) is 30.1 Å². The molecule has 1 saturated heterocycles. The average Bonchev–Trinajstić information content (AvgIpc) is 2.86. The average molecular weight is 262 g/mol. The van der Waals surface area contributed by atoms with Crippen LogP contribution in [0.2, 0.25) is 0 Å². The minimum absolute atomic E-state index is 0.360. The van der Waals surface area contributed by atoms with Crippen molar-refractivity contribution >= 4 is 0 Å². The summed E-state index contributed by atoms with van der Waals surface area (Å²) in [6.45, 7) is 8.71. The number of hydrogen-bond acceptors (Lipinski definition) is 3. The highest BCUT2D eigenvalue weighted by atomic mass is 16.5. The Labute approximate surface area is 116 Å². The van der Waals surface area contributed by atoms with Crippen LogP contribution in [0.1, 0.15) is 45.1 Å². The summed E-state index contributed by atoms with van der Waals surface area (Å²) in [6, 6.07) is 4.75. The van der Waals surface area contributed by atoms with Gasteiger partial charge >= 0.3 is 0 Å².